The zero-order valence-electron chi connectivity index (χ0n) is 7.44. The van der Waals surface area contributed by atoms with Gasteiger partial charge in [0.15, 0.2) is 0 Å². The van der Waals surface area contributed by atoms with Crippen LogP contribution in [0.1, 0.15) is 13.8 Å². The van der Waals surface area contributed by atoms with Crippen LogP contribution in [-0.2, 0) is 4.74 Å². The maximum absolute atomic E-state index is 10.6. The third kappa shape index (κ3) is 4.58. The second-order valence-electron chi connectivity index (χ2n) is 1.44. The normalized spacial score (nSPS) is 7.25. The van der Waals surface area contributed by atoms with Gasteiger partial charge in [0.25, 0.3) is 0 Å². The smallest absolute Gasteiger partial charge is 0.418 e. The molecule has 12 heavy (non-hydrogen) atoms. The molecule has 1 heterocycles. The number of rotatable bonds is 0. The van der Waals surface area contributed by atoms with Crippen molar-refractivity contribution in [1.29, 1.82) is 0 Å². The molecule has 0 amide bonds. The van der Waals surface area contributed by atoms with Gasteiger partial charge in [0, 0.05) is 43.5 Å². The fraction of sp³-hybridized carbons (Fsp3) is 0.429. The molecular weight excluding hydrogens is 382 g/mol. The number of methoxy groups -OCH3 is 1. The topological polar surface area (TPSA) is 44.1 Å². The van der Waals surface area contributed by atoms with Gasteiger partial charge in [-0.3, -0.25) is 0 Å². The van der Waals surface area contributed by atoms with Crippen molar-refractivity contribution < 1.29 is 40.6 Å². The van der Waals surface area contributed by atoms with Gasteiger partial charge in [-0.15, -0.1) is 0 Å². The number of carbonyl (C=O) groups is 1. The van der Waals surface area contributed by atoms with E-state index in [0.717, 1.165) is 0 Å². The van der Waals surface area contributed by atoms with E-state index < -0.39 is 6.09 Å². The Morgan fingerprint density at radius 2 is 2.08 bits per heavy atom. The van der Waals surface area contributed by atoms with Gasteiger partial charge in [-0.25, -0.2) is 14.3 Å². The van der Waals surface area contributed by atoms with Gasteiger partial charge in [-0.1, -0.05) is 13.8 Å². The molecule has 0 saturated heterocycles. The number of imidazole rings is 1. The molecule has 4 nitrogen and oxygen atoms in total. The summed E-state index contributed by atoms with van der Waals surface area (Å²) in [5.74, 6) is 0. The van der Waals surface area contributed by atoms with Gasteiger partial charge in [-0.05, 0) is 0 Å². The Labute approximate surface area is 95.7 Å². The minimum absolute atomic E-state index is 0. The van der Waals surface area contributed by atoms with E-state index in [1.807, 2.05) is 13.8 Å². The summed E-state index contributed by atoms with van der Waals surface area (Å²) < 4.78 is 5.63. The Balaban J connectivity index is 0. The predicted octanol–water partition coefficient (Wildman–Crippen LogP) is 1.52. The van der Waals surface area contributed by atoms with Crippen molar-refractivity contribution in [1.82, 2.24) is 9.55 Å². The van der Waals surface area contributed by atoms with Gasteiger partial charge in [0.1, 0.15) is 6.33 Å². The first-order valence-electron chi connectivity index (χ1n) is 3.41. The molecule has 0 spiro atoms. The van der Waals surface area contributed by atoms with Crippen molar-refractivity contribution in [2.45, 2.75) is 13.8 Å². The Morgan fingerprint density at radius 1 is 1.50 bits per heavy atom. The number of carbonyl (C=O) groups excluding carboxylic acids is 1. The van der Waals surface area contributed by atoms with E-state index in [0.29, 0.717) is 0 Å². The Bertz CT molecular complexity index is 199. The molecule has 66 valence electrons. The Morgan fingerprint density at radius 3 is 2.42 bits per heavy atom. The summed E-state index contributed by atoms with van der Waals surface area (Å²) in [6, 6.07) is 0. The first-order chi connectivity index (χ1) is 5.34. The Hall–Kier alpha value is -0.268. The quantitative estimate of drug-likeness (QED) is 0.671. The van der Waals surface area contributed by atoms with Crippen LogP contribution in [0.2, 0.25) is 0 Å². The summed E-state index contributed by atoms with van der Waals surface area (Å²) in [6.07, 6.45) is 3.99. The fourth-order valence-corrected chi connectivity index (χ4v) is 0.473. The zero-order chi connectivity index (χ0) is 8.69. The van der Waals surface area contributed by atoms with Crippen molar-refractivity contribution in [2.24, 2.45) is 0 Å². The summed E-state index contributed by atoms with van der Waals surface area (Å²) in [4.78, 5) is 14.2. The maximum atomic E-state index is 10.6. The SMILES string of the molecule is CC.COC(=O)n1ccnc1.[U]. The molecule has 0 fully saturated rings. The molecule has 0 aliphatic heterocycles. The average Bonchev–Trinajstić information content (AvgIpc) is 2.59. The molecule has 1 aromatic heterocycles. The van der Waals surface area contributed by atoms with E-state index in [1.165, 1.54) is 30.4 Å². The molecular formula is C7H12N2O2U. The van der Waals surface area contributed by atoms with Crippen LogP contribution in [0.15, 0.2) is 18.7 Å². The van der Waals surface area contributed by atoms with E-state index in [2.05, 4.69) is 9.72 Å². The molecule has 0 aliphatic carbocycles. The second-order valence-corrected chi connectivity index (χ2v) is 1.44. The molecule has 5 heteroatoms. The standard InChI is InChI=1S/C5H6N2O2.C2H6.U/c1-9-5(8)7-3-2-6-4-7;1-2;/h2-4H,1H3;1-2H3;. The maximum Gasteiger partial charge on any atom is 0.418 e. The van der Waals surface area contributed by atoms with Crippen LogP contribution < -0.4 is 0 Å². The third-order valence-corrected chi connectivity index (χ3v) is 0.890. The average molecular weight is 394 g/mol. The molecule has 0 aliphatic rings. The third-order valence-electron chi connectivity index (χ3n) is 0.890. The summed E-state index contributed by atoms with van der Waals surface area (Å²) >= 11 is 0. The van der Waals surface area contributed by atoms with Crippen molar-refractivity contribution in [2.75, 3.05) is 7.11 Å². The van der Waals surface area contributed by atoms with Crippen LogP contribution in [0.3, 0.4) is 0 Å². The largest absolute Gasteiger partial charge is 0.452 e. The molecule has 1 aromatic rings. The minimum Gasteiger partial charge on any atom is -0.452 e. The van der Waals surface area contributed by atoms with Crippen LogP contribution in [-0.4, -0.2) is 22.8 Å². The minimum atomic E-state index is -0.424. The van der Waals surface area contributed by atoms with Gasteiger partial charge in [0.2, 0.25) is 0 Å². The summed E-state index contributed by atoms with van der Waals surface area (Å²) in [5, 5.41) is 0. The van der Waals surface area contributed by atoms with Crippen LogP contribution >= 0.6 is 0 Å². The molecule has 0 N–H and O–H groups in total. The molecule has 0 saturated carbocycles. The Kier molecular flexibility index (Phi) is 10.5. The van der Waals surface area contributed by atoms with Crippen molar-refractivity contribution in [3.63, 3.8) is 0 Å². The van der Waals surface area contributed by atoms with Crippen molar-refractivity contribution in [3.8, 4) is 0 Å². The number of hydrogen-bond acceptors (Lipinski definition) is 3. The predicted molar refractivity (Wildman–Crippen MR) is 41.4 cm³/mol. The molecule has 0 bridgehead atoms. The van der Waals surface area contributed by atoms with Crippen LogP contribution in [0, 0.1) is 31.1 Å². The van der Waals surface area contributed by atoms with Gasteiger partial charge in [-0.2, -0.15) is 0 Å². The summed E-state index contributed by atoms with van der Waals surface area (Å²) in [7, 11) is 1.32. The first-order valence-corrected chi connectivity index (χ1v) is 3.41. The molecule has 1 rings (SSSR count). The monoisotopic (exact) mass is 394 g/mol. The van der Waals surface area contributed by atoms with Gasteiger partial charge >= 0.3 is 6.09 Å². The van der Waals surface area contributed by atoms with Crippen LogP contribution in [0.25, 0.3) is 0 Å². The van der Waals surface area contributed by atoms with Crippen molar-refractivity contribution in [3.05, 3.63) is 18.7 Å². The number of ether oxygens (including phenoxy) is 1. The van der Waals surface area contributed by atoms with E-state index in [9.17, 15) is 4.79 Å². The number of hydrogen-bond donors (Lipinski definition) is 0. The van der Waals surface area contributed by atoms with E-state index in [-0.39, 0.29) is 31.1 Å². The van der Waals surface area contributed by atoms with Crippen LogP contribution in [0.5, 0.6) is 0 Å². The number of aromatic nitrogens is 2. The molecule has 0 atom stereocenters. The summed E-state index contributed by atoms with van der Waals surface area (Å²) in [5.41, 5.74) is 0. The molecule has 0 radical (unpaired) electrons. The second kappa shape index (κ2) is 8.83. The van der Waals surface area contributed by atoms with Gasteiger partial charge < -0.3 is 4.74 Å². The zero-order valence-corrected chi connectivity index (χ0v) is 11.6. The van der Waals surface area contributed by atoms with E-state index in [4.69, 9.17) is 0 Å². The fourth-order valence-electron chi connectivity index (χ4n) is 0.473. The van der Waals surface area contributed by atoms with E-state index >= 15 is 0 Å². The molecule has 0 unspecified atom stereocenters. The van der Waals surface area contributed by atoms with Gasteiger partial charge in [0.05, 0.1) is 7.11 Å². The van der Waals surface area contributed by atoms with Crippen molar-refractivity contribution >= 4 is 6.09 Å². The first kappa shape index (κ1) is 14.3. The summed E-state index contributed by atoms with van der Waals surface area (Å²) in [6.45, 7) is 4.00. The molecule has 0 aromatic carbocycles. The van der Waals surface area contributed by atoms with E-state index in [1.54, 1.807) is 0 Å². The number of nitrogens with zero attached hydrogens (tertiary/aromatic N) is 2. The van der Waals surface area contributed by atoms with Crippen LogP contribution in [0.4, 0.5) is 4.79 Å².